The fourth-order valence-corrected chi connectivity index (χ4v) is 2.15. The van der Waals surface area contributed by atoms with Crippen molar-refractivity contribution in [3.63, 3.8) is 0 Å². The smallest absolute Gasteiger partial charge is 0.221 e. The number of nitrogens with one attached hydrogen (secondary N) is 2. The summed E-state index contributed by atoms with van der Waals surface area (Å²) in [7, 11) is 0. The van der Waals surface area contributed by atoms with E-state index in [1.165, 1.54) is 25.7 Å². The molecular weight excluding hydrogens is 152 g/mol. The maximum atomic E-state index is 10.9. The molecule has 1 saturated carbocycles. The number of hydrogen-bond donors (Lipinski definition) is 2. The van der Waals surface area contributed by atoms with Crippen molar-refractivity contribution in [2.24, 2.45) is 0 Å². The zero-order chi connectivity index (χ0) is 8.39. The fourth-order valence-electron chi connectivity index (χ4n) is 2.15. The van der Waals surface area contributed by atoms with Gasteiger partial charge in [0.05, 0.1) is 0 Å². The van der Waals surface area contributed by atoms with Gasteiger partial charge in [-0.25, -0.2) is 0 Å². The van der Waals surface area contributed by atoms with E-state index in [2.05, 4.69) is 10.6 Å². The molecule has 0 spiro atoms. The van der Waals surface area contributed by atoms with E-state index >= 15 is 0 Å². The molecule has 3 nitrogen and oxygen atoms in total. The largest absolute Gasteiger partial charge is 0.354 e. The molecule has 1 unspecified atom stereocenters. The average Bonchev–Trinajstić information content (AvgIpc) is 2.63. The highest BCUT2D eigenvalue weighted by Gasteiger charge is 2.24. The molecule has 1 amide bonds. The Balaban J connectivity index is 1.75. The molecule has 0 aromatic carbocycles. The molecule has 12 heavy (non-hydrogen) atoms. The summed E-state index contributed by atoms with van der Waals surface area (Å²) in [5.41, 5.74) is 0. The first-order valence-electron chi connectivity index (χ1n) is 4.87. The van der Waals surface area contributed by atoms with Gasteiger partial charge in [0.25, 0.3) is 0 Å². The van der Waals surface area contributed by atoms with E-state index in [9.17, 15) is 4.79 Å². The van der Waals surface area contributed by atoms with Gasteiger partial charge in [-0.1, -0.05) is 12.8 Å². The van der Waals surface area contributed by atoms with Gasteiger partial charge in [0, 0.05) is 25.0 Å². The zero-order valence-corrected chi connectivity index (χ0v) is 7.31. The van der Waals surface area contributed by atoms with Gasteiger partial charge in [-0.05, 0) is 12.8 Å². The van der Waals surface area contributed by atoms with Crippen molar-refractivity contribution in [1.29, 1.82) is 0 Å². The number of carbonyl (C=O) groups excluding carboxylic acids is 1. The fraction of sp³-hybridized carbons (Fsp3) is 0.889. The van der Waals surface area contributed by atoms with E-state index in [0.717, 1.165) is 6.54 Å². The molecule has 2 N–H and O–H groups in total. The van der Waals surface area contributed by atoms with Crippen molar-refractivity contribution in [3.8, 4) is 0 Å². The second kappa shape index (κ2) is 3.44. The monoisotopic (exact) mass is 168 g/mol. The minimum Gasteiger partial charge on any atom is -0.354 e. The topological polar surface area (TPSA) is 41.1 Å². The molecule has 0 aromatic heterocycles. The predicted molar refractivity (Wildman–Crippen MR) is 46.8 cm³/mol. The zero-order valence-electron chi connectivity index (χ0n) is 7.31. The maximum Gasteiger partial charge on any atom is 0.221 e. The van der Waals surface area contributed by atoms with E-state index in [-0.39, 0.29) is 5.91 Å². The third kappa shape index (κ3) is 1.78. The normalized spacial score (nSPS) is 31.0. The number of hydrogen-bond acceptors (Lipinski definition) is 2. The molecule has 1 aliphatic carbocycles. The molecule has 2 aliphatic rings. The molecule has 3 heteroatoms. The number of amides is 1. The Morgan fingerprint density at radius 1 is 1.25 bits per heavy atom. The molecular formula is C9H16N2O. The summed E-state index contributed by atoms with van der Waals surface area (Å²) >= 11 is 0. The first-order valence-corrected chi connectivity index (χ1v) is 4.87. The van der Waals surface area contributed by atoms with E-state index in [0.29, 0.717) is 18.5 Å². The van der Waals surface area contributed by atoms with Crippen LogP contribution in [0.25, 0.3) is 0 Å². The van der Waals surface area contributed by atoms with Crippen LogP contribution in [0.15, 0.2) is 0 Å². The van der Waals surface area contributed by atoms with Crippen LogP contribution in [0.3, 0.4) is 0 Å². The minimum absolute atomic E-state index is 0.200. The lowest BCUT2D eigenvalue weighted by Gasteiger charge is -2.16. The molecule has 2 rings (SSSR count). The summed E-state index contributed by atoms with van der Waals surface area (Å²) < 4.78 is 0. The minimum atomic E-state index is 0.200. The maximum absolute atomic E-state index is 10.9. The van der Waals surface area contributed by atoms with Crippen LogP contribution in [0.2, 0.25) is 0 Å². The lowest BCUT2D eigenvalue weighted by Crippen LogP contribution is -2.37. The van der Waals surface area contributed by atoms with Crippen LogP contribution in [-0.4, -0.2) is 24.5 Å². The van der Waals surface area contributed by atoms with Crippen LogP contribution in [0, 0.1) is 0 Å². The molecule has 0 aromatic rings. The lowest BCUT2D eigenvalue weighted by atomic mass is 10.2. The highest BCUT2D eigenvalue weighted by molar-refractivity contribution is 5.78. The van der Waals surface area contributed by atoms with E-state index in [4.69, 9.17) is 0 Å². The van der Waals surface area contributed by atoms with Crippen molar-refractivity contribution in [3.05, 3.63) is 0 Å². The van der Waals surface area contributed by atoms with Crippen LogP contribution < -0.4 is 10.6 Å². The third-order valence-electron chi connectivity index (χ3n) is 2.80. The molecule has 2 fully saturated rings. The highest BCUT2D eigenvalue weighted by atomic mass is 16.1. The summed E-state index contributed by atoms with van der Waals surface area (Å²) in [6.45, 7) is 0.829. The average molecular weight is 168 g/mol. The van der Waals surface area contributed by atoms with Crippen molar-refractivity contribution in [2.75, 3.05) is 6.54 Å². The van der Waals surface area contributed by atoms with Crippen molar-refractivity contribution in [2.45, 2.75) is 44.2 Å². The van der Waals surface area contributed by atoms with Gasteiger partial charge in [-0.2, -0.15) is 0 Å². The van der Waals surface area contributed by atoms with Gasteiger partial charge in [0.15, 0.2) is 0 Å². The van der Waals surface area contributed by atoms with Crippen molar-refractivity contribution < 1.29 is 4.79 Å². The first kappa shape index (κ1) is 8.05. The number of rotatable bonds is 2. The Bertz CT molecular complexity index is 175. The Morgan fingerprint density at radius 2 is 2.00 bits per heavy atom. The quantitative estimate of drug-likeness (QED) is 0.627. The molecule has 1 heterocycles. The van der Waals surface area contributed by atoms with Gasteiger partial charge in [0.1, 0.15) is 0 Å². The first-order chi connectivity index (χ1) is 5.84. The summed E-state index contributed by atoms with van der Waals surface area (Å²) in [4.78, 5) is 10.9. The van der Waals surface area contributed by atoms with Crippen LogP contribution in [-0.2, 0) is 4.79 Å². The Labute approximate surface area is 72.9 Å². The molecule has 0 bridgehead atoms. The summed E-state index contributed by atoms with van der Waals surface area (Å²) in [5.74, 6) is 0.200. The molecule has 68 valence electrons. The summed E-state index contributed by atoms with van der Waals surface area (Å²) in [6.07, 6.45) is 5.98. The number of carbonyl (C=O) groups is 1. The molecule has 1 saturated heterocycles. The second-order valence-electron chi connectivity index (χ2n) is 3.85. The predicted octanol–water partition coefficient (Wildman–Crippen LogP) is 0.407. The van der Waals surface area contributed by atoms with Gasteiger partial charge in [-0.3, -0.25) is 4.79 Å². The van der Waals surface area contributed by atoms with Crippen LogP contribution in [0.5, 0.6) is 0 Å². The Hall–Kier alpha value is -0.570. The third-order valence-corrected chi connectivity index (χ3v) is 2.80. The molecule has 0 radical (unpaired) electrons. The standard InChI is InChI=1S/C9H16N2O/c12-9-5-8(6-10-9)11-7-3-1-2-4-7/h7-8,11H,1-6H2,(H,10,12). The van der Waals surface area contributed by atoms with E-state index in [1.807, 2.05) is 0 Å². The van der Waals surface area contributed by atoms with Crippen LogP contribution in [0.4, 0.5) is 0 Å². The second-order valence-corrected chi connectivity index (χ2v) is 3.85. The van der Waals surface area contributed by atoms with E-state index in [1.54, 1.807) is 0 Å². The van der Waals surface area contributed by atoms with Gasteiger partial charge >= 0.3 is 0 Å². The Kier molecular flexibility index (Phi) is 2.30. The van der Waals surface area contributed by atoms with Crippen LogP contribution >= 0.6 is 0 Å². The van der Waals surface area contributed by atoms with Crippen molar-refractivity contribution in [1.82, 2.24) is 10.6 Å². The lowest BCUT2D eigenvalue weighted by molar-refractivity contribution is -0.119. The highest BCUT2D eigenvalue weighted by Crippen LogP contribution is 2.18. The summed E-state index contributed by atoms with van der Waals surface area (Å²) in [5, 5.41) is 6.37. The molecule has 1 aliphatic heterocycles. The van der Waals surface area contributed by atoms with E-state index < -0.39 is 0 Å². The van der Waals surface area contributed by atoms with Crippen LogP contribution in [0.1, 0.15) is 32.1 Å². The Morgan fingerprint density at radius 3 is 2.58 bits per heavy atom. The molecule has 1 atom stereocenters. The van der Waals surface area contributed by atoms with Gasteiger partial charge in [0.2, 0.25) is 5.91 Å². The summed E-state index contributed by atoms with van der Waals surface area (Å²) in [6, 6.07) is 1.09. The SMILES string of the molecule is O=C1CC(NC2CCCC2)CN1. The van der Waals surface area contributed by atoms with Crippen molar-refractivity contribution >= 4 is 5.91 Å². The van der Waals surface area contributed by atoms with Gasteiger partial charge < -0.3 is 10.6 Å². The van der Waals surface area contributed by atoms with Gasteiger partial charge in [-0.15, -0.1) is 0 Å².